The van der Waals surface area contributed by atoms with Crippen molar-refractivity contribution in [3.8, 4) is 0 Å². The molecule has 0 aromatic carbocycles. The van der Waals surface area contributed by atoms with Crippen molar-refractivity contribution in [3.63, 3.8) is 0 Å². The molecule has 1 aliphatic heterocycles. The molecule has 3 unspecified atom stereocenters. The molecule has 1 heterocycles. The van der Waals surface area contributed by atoms with Gasteiger partial charge in [-0.3, -0.25) is 0 Å². The Balaban J connectivity index is 2.77. The normalized spacial score (nSPS) is 21.0. The van der Waals surface area contributed by atoms with Crippen LogP contribution in [0.1, 0.15) is 46.5 Å². The lowest BCUT2D eigenvalue weighted by Gasteiger charge is -2.31. The van der Waals surface area contributed by atoms with Crippen LogP contribution in [0, 0.1) is 0 Å². The minimum atomic E-state index is -3.89. The maximum Gasteiger partial charge on any atom is 0.298 e. The molecule has 0 aromatic rings. The van der Waals surface area contributed by atoms with Gasteiger partial charge < -0.3 is 19.3 Å². The molecule has 1 rings (SSSR count). The Morgan fingerprint density at radius 3 is 2.39 bits per heavy atom. The SMILES string of the molecule is CCCCN1C=CN(C)C1OS(=O)(=O)C(CC)OC(CC)OC. The van der Waals surface area contributed by atoms with Gasteiger partial charge in [0.05, 0.1) is 0 Å². The van der Waals surface area contributed by atoms with E-state index in [1.54, 1.807) is 18.9 Å². The Labute approximate surface area is 140 Å². The molecule has 8 heteroatoms. The summed E-state index contributed by atoms with van der Waals surface area (Å²) in [6.07, 6.45) is 5.29. The summed E-state index contributed by atoms with van der Waals surface area (Å²) in [5, 5.41) is 0. The first-order chi connectivity index (χ1) is 10.9. The van der Waals surface area contributed by atoms with Crippen LogP contribution >= 0.6 is 0 Å². The van der Waals surface area contributed by atoms with Crippen LogP contribution < -0.4 is 0 Å². The number of nitrogens with zero attached hydrogens (tertiary/aromatic N) is 2. The van der Waals surface area contributed by atoms with Crippen LogP contribution in [-0.4, -0.2) is 57.0 Å². The molecule has 0 saturated carbocycles. The molecule has 0 bridgehead atoms. The number of methoxy groups -OCH3 is 1. The molecular weight excluding hydrogens is 320 g/mol. The van der Waals surface area contributed by atoms with Crippen molar-refractivity contribution in [1.29, 1.82) is 0 Å². The summed E-state index contributed by atoms with van der Waals surface area (Å²) >= 11 is 0. The highest BCUT2D eigenvalue weighted by Crippen LogP contribution is 2.22. The van der Waals surface area contributed by atoms with Crippen LogP contribution in [0.4, 0.5) is 0 Å². The van der Waals surface area contributed by atoms with Crippen LogP contribution in [0.15, 0.2) is 12.4 Å². The highest BCUT2D eigenvalue weighted by Gasteiger charge is 2.35. The van der Waals surface area contributed by atoms with Gasteiger partial charge in [-0.25, -0.2) is 4.18 Å². The zero-order chi connectivity index (χ0) is 17.5. The third-order valence-corrected chi connectivity index (χ3v) is 5.20. The highest BCUT2D eigenvalue weighted by molar-refractivity contribution is 7.87. The summed E-state index contributed by atoms with van der Waals surface area (Å²) in [6.45, 7) is 6.45. The topological polar surface area (TPSA) is 68.3 Å². The van der Waals surface area contributed by atoms with Crippen molar-refractivity contribution in [2.45, 2.75) is 64.5 Å². The Morgan fingerprint density at radius 2 is 1.87 bits per heavy atom. The quantitative estimate of drug-likeness (QED) is 0.418. The van der Waals surface area contributed by atoms with Crippen molar-refractivity contribution in [2.24, 2.45) is 0 Å². The molecule has 0 spiro atoms. The second-order valence-corrected chi connectivity index (χ2v) is 7.22. The smallest absolute Gasteiger partial charge is 0.298 e. The molecule has 0 fully saturated rings. The fourth-order valence-electron chi connectivity index (χ4n) is 2.26. The van der Waals surface area contributed by atoms with E-state index in [1.807, 2.05) is 24.2 Å². The van der Waals surface area contributed by atoms with E-state index in [2.05, 4.69) is 6.92 Å². The van der Waals surface area contributed by atoms with Gasteiger partial charge in [0.25, 0.3) is 10.1 Å². The monoisotopic (exact) mass is 350 g/mol. The molecule has 7 nitrogen and oxygen atoms in total. The molecule has 136 valence electrons. The number of unbranched alkanes of at least 4 members (excludes halogenated alkanes) is 1. The molecule has 23 heavy (non-hydrogen) atoms. The van der Waals surface area contributed by atoms with Crippen LogP contribution in [0.25, 0.3) is 0 Å². The Morgan fingerprint density at radius 1 is 1.17 bits per heavy atom. The number of hydrogen-bond donors (Lipinski definition) is 0. The number of hydrogen-bond acceptors (Lipinski definition) is 7. The minimum absolute atomic E-state index is 0.293. The second kappa shape index (κ2) is 9.46. The molecule has 0 N–H and O–H groups in total. The lowest BCUT2D eigenvalue weighted by molar-refractivity contribution is -0.140. The fourth-order valence-corrected chi connectivity index (χ4v) is 3.54. The summed E-state index contributed by atoms with van der Waals surface area (Å²) in [5.41, 5.74) is -1.05. The van der Waals surface area contributed by atoms with Gasteiger partial charge in [-0.15, -0.1) is 0 Å². The average molecular weight is 350 g/mol. The van der Waals surface area contributed by atoms with Gasteiger partial charge in [0.15, 0.2) is 11.7 Å². The Kier molecular flexibility index (Phi) is 8.32. The molecule has 0 aromatic heterocycles. The van der Waals surface area contributed by atoms with Crippen LogP contribution in [0.2, 0.25) is 0 Å². The third kappa shape index (κ3) is 5.63. The van der Waals surface area contributed by atoms with Crippen molar-refractivity contribution in [1.82, 2.24) is 9.80 Å². The van der Waals surface area contributed by atoms with Crippen LogP contribution in [-0.2, 0) is 23.8 Å². The molecule has 0 radical (unpaired) electrons. The van der Waals surface area contributed by atoms with Crippen molar-refractivity contribution >= 4 is 10.1 Å². The molecule has 0 aliphatic carbocycles. The molecule has 3 atom stereocenters. The first-order valence-corrected chi connectivity index (χ1v) is 9.63. The number of ether oxygens (including phenoxy) is 2. The third-order valence-electron chi connectivity index (χ3n) is 3.67. The predicted molar refractivity (Wildman–Crippen MR) is 88.6 cm³/mol. The summed E-state index contributed by atoms with van der Waals surface area (Å²) in [4.78, 5) is 3.61. The van der Waals surface area contributed by atoms with Gasteiger partial charge in [0, 0.05) is 33.1 Å². The van der Waals surface area contributed by atoms with E-state index in [1.165, 1.54) is 7.11 Å². The van der Waals surface area contributed by atoms with Gasteiger partial charge in [0.1, 0.15) is 0 Å². The van der Waals surface area contributed by atoms with E-state index in [0.29, 0.717) is 12.8 Å². The van der Waals surface area contributed by atoms with E-state index in [9.17, 15) is 8.42 Å². The standard InChI is InChI=1S/C15H30N2O5S/c1-6-9-10-17-12-11-16(4)15(17)22-23(18,19)14(8-3)21-13(7-2)20-5/h11-15H,6-10H2,1-5H3. The first kappa shape index (κ1) is 20.2. The van der Waals surface area contributed by atoms with Gasteiger partial charge in [-0.05, 0) is 19.3 Å². The zero-order valence-electron chi connectivity index (χ0n) is 14.8. The average Bonchev–Trinajstić information content (AvgIpc) is 2.86. The van der Waals surface area contributed by atoms with Gasteiger partial charge in [-0.2, -0.15) is 8.42 Å². The van der Waals surface area contributed by atoms with Crippen LogP contribution in [0.5, 0.6) is 0 Å². The summed E-state index contributed by atoms with van der Waals surface area (Å²) in [7, 11) is -0.606. The second-order valence-electron chi connectivity index (χ2n) is 5.52. The number of rotatable bonds is 11. The largest absolute Gasteiger partial charge is 0.356 e. The van der Waals surface area contributed by atoms with Crippen molar-refractivity contribution in [2.75, 3.05) is 20.7 Å². The lowest BCUT2D eigenvalue weighted by atomic mass is 10.3. The summed E-state index contributed by atoms with van der Waals surface area (Å²) in [5.74, 6) is 0. The predicted octanol–water partition coefficient (Wildman–Crippen LogP) is 2.27. The van der Waals surface area contributed by atoms with Crippen molar-refractivity contribution in [3.05, 3.63) is 12.4 Å². The zero-order valence-corrected chi connectivity index (χ0v) is 15.6. The highest BCUT2D eigenvalue weighted by atomic mass is 32.2. The van der Waals surface area contributed by atoms with Gasteiger partial charge in [-0.1, -0.05) is 27.2 Å². The molecule has 1 aliphatic rings. The van der Waals surface area contributed by atoms with E-state index in [4.69, 9.17) is 13.7 Å². The molecule has 0 amide bonds. The van der Waals surface area contributed by atoms with E-state index in [0.717, 1.165) is 19.4 Å². The summed E-state index contributed by atoms with van der Waals surface area (Å²) < 4.78 is 41.2. The maximum absolute atomic E-state index is 12.6. The van der Waals surface area contributed by atoms with Crippen LogP contribution in [0.3, 0.4) is 0 Å². The van der Waals surface area contributed by atoms with E-state index >= 15 is 0 Å². The maximum atomic E-state index is 12.6. The Hall–Kier alpha value is -0.830. The van der Waals surface area contributed by atoms with E-state index in [-0.39, 0.29) is 0 Å². The lowest BCUT2D eigenvalue weighted by Crippen LogP contribution is -2.43. The summed E-state index contributed by atoms with van der Waals surface area (Å²) in [6, 6.07) is 0. The van der Waals surface area contributed by atoms with Crippen molar-refractivity contribution < 1.29 is 22.1 Å². The molecule has 0 saturated heterocycles. The Bertz CT molecular complexity index is 464. The molecular formula is C15H30N2O5S. The van der Waals surface area contributed by atoms with Gasteiger partial charge >= 0.3 is 0 Å². The fraction of sp³-hybridized carbons (Fsp3) is 0.867. The van der Waals surface area contributed by atoms with E-state index < -0.39 is 28.2 Å². The minimum Gasteiger partial charge on any atom is -0.356 e. The first-order valence-electron chi connectivity index (χ1n) is 8.15. The van der Waals surface area contributed by atoms with Gasteiger partial charge in [0.2, 0.25) is 6.35 Å².